The Balaban J connectivity index is 1.57. The molecular weight excluding hydrogens is 472 g/mol. The van der Waals surface area contributed by atoms with E-state index >= 15 is 0 Å². The van der Waals surface area contributed by atoms with Crippen molar-refractivity contribution in [1.82, 2.24) is 0 Å². The summed E-state index contributed by atoms with van der Waals surface area (Å²) in [7, 11) is -3.80. The molecule has 0 saturated heterocycles. The van der Waals surface area contributed by atoms with Crippen LogP contribution in [0.1, 0.15) is 56.5 Å². The van der Waals surface area contributed by atoms with Crippen LogP contribution in [-0.2, 0) is 27.6 Å². The Morgan fingerprint density at radius 1 is 1.06 bits per heavy atom. The van der Waals surface area contributed by atoms with Crippen molar-refractivity contribution in [2.75, 3.05) is 16.6 Å². The summed E-state index contributed by atoms with van der Waals surface area (Å²) in [5.74, 6) is -0.864. The van der Waals surface area contributed by atoms with E-state index in [4.69, 9.17) is 4.74 Å². The first-order valence-corrected chi connectivity index (χ1v) is 13.4. The van der Waals surface area contributed by atoms with E-state index in [0.717, 1.165) is 41.7 Å². The number of esters is 1. The molecule has 0 unspecified atom stereocenters. The van der Waals surface area contributed by atoms with Gasteiger partial charge >= 0.3 is 5.97 Å². The fraction of sp³-hybridized carbons (Fsp3) is 0.280. The molecule has 1 aliphatic carbocycles. The number of carbonyl (C=O) groups is 2. The van der Waals surface area contributed by atoms with Gasteiger partial charge in [-0.05, 0) is 75.4 Å². The minimum atomic E-state index is -3.80. The lowest BCUT2D eigenvalue weighted by Gasteiger charge is -2.12. The second-order valence-corrected chi connectivity index (χ2v) is 10.9. The number of amides is 1. The van der Waals surface area contributed by atoms with Gasteiger partial charge in [0.2, 0.25) is 0 Å². The molecular formula is C25H26N2O5S2. The fourth-order valence-corrected chi connectivity index (χ4v) is 6.23. The quantitative estimate of drug-likeness (QED) is 0.438. The lowest BCUT2D eigenvalue weighted by atomic mass is 9.95. The first-order chi connectivity index (χ1) is 16.3. The molecule has 34 heavy (non-hydrogen) atoms. The van der Waals surface area contributed by atoms with Crippen LogP contribution < -0.4 is 10.0 Å². The summed E-state index contributed by atoms with van der Waals surface area (Å²) < 4.78 is 33.2. The molecule has 0 fully saturated rings. The van der Waals surface area contributed by atoms with Gasteiger partial charge < -0.3 is 10.1 Å². The van der Waals surface area contributed by atoms with Crippen molar-refractivity contribution in [3.8, 4) is 0 Å². The van der Waals surface area contributed by atoms with Crippen LogP contribution in [0.2, 0.25) is 0 Å². The average Bonchev–Trinajstić information content (AvgIpc) is 3.17. The van der Waals surface area contributed by atoms with Crippen molar-refractivity contribution >= 4 is 43.9 Å². The number of aryl methyl sites for hydroxylation is 2. The largest absolute Gasteiger partial charge is 0.462 e. The zero-order chi connectivity index (χ0) is 24.3. The summed E-state index contributed by atoms with van der Waals surface area (Å²) in [5.41, 5.74) is 2.89. The Hall–Kier alpha value is -3.17. The van der Waals surface area contributed by atoms with Gasteiger partial charge in [0.15, 0.2) is 0 Å². The third kappa shape index (κ3) is 5.15. The molecule has 7 nitrogen and oxygen atoms in total. The molecule has 1 aromatic heterocycles. The summed E-state index contributed by atoms with van der Waals surface area (Å²) >= 11 is 1.41. The van der Waals surface area contributed by atoms with Gasteiger partial charge in [-0.1, -0.05) is 23.8 Å². The molecule has 0 radical (unpaired) electrons. The van der Waals surface area contributed by atoms with Gasteiger partial charge in [0.25, 0.3) is 15.9 Å². The molecule has 0 aliphatic heterocycles. The topological polar surface area (TPSA) is 102 Å². The zero-order valence-corrected chi connectivity index (χ0v) is 20.6. The molecule has 178 valence electrons. The SMILES string of the molecule is CCOC(=O)c1c(NC(=O)c2cccc(NS(=O)(=O)c3ccc(C)cc3)c2)sc2c1CCCC2. The lowest BCUT2D eigenvalue weighted by Crippen LogP contribution is -2.17. The maximum Gasteiger partial charge on any atom is 0.341 e. The van der Waals surface area contributed by atoms with Crippen molar-refractivity contribution < 1.29 is 22.7 Å². The highest BCUT2D eigenvalue weighted by atomic mass is 32.2. The predicted octanol–water partition coefficient (Wildman–Crippen LogP) is 5.17. The number of sulfonamides is 1. The molecule has 0 saturated carbocycles. The Kier molecular flexibility index (Phi) is 7.04. The molecule has 0 spiro atoms. The number of hydrogen-bond acceptors (Lipinski definition) is 6. The number of rotatable bonds is 7. The number of hydrogen-bond donors (Lipinski definition) is 2. The minimum absolute atomic E-state index is 0.135. The molecule has 1 aliphatic rings. The van der Waals surface area contributed by atoms with Crippen molar-refractivity contribution in [3.63, 3.8) is 0 Å². The molecule has 3 aromatic rings. The highest BCUT2D eigenvalue weighted by Crippen LogP contribution is 2.39. The number of thiophene rings is 1. The second-order valence-electron chi connectivity index (χ2n) is 8.09. The van der Waals surface area contributed by atoms with Gasteiger partial charge in [0.05, 0.1) is 17.1 Å². The molecule has 0 bridgehead atoms. The maximum atomic E-state index is 13.1. The zero-order valence-electron chi connectivity index (χ0n) is 19.0. The van der Waals surface area contributed by atoms with Gasteiger partial charge in [0, 0.05) is 16.1 Å². The number of fused-ring (bicyclic) bond motifs is 1. The van der Waals surface area contributed by atoms with E-state index in [1.54, 1.807) is 37.3 Å². The molecule has 4 rings (SSSR count). The van der Waals surface area contributed by atoms with Crippen LogP contribution >= 0.6 is 11.3 Å². The Morgan fingerprint density at radius 3 is 2.53 bits per heavy atom. The Bertz CT molecular complexity index is 1330. The van der Waals surface area contributed by atoms with Crippen LogP contribution in [-0.4, -0.2) is 26.9 Å². The van der Waals surface area contributed by atoms with Crippen LogP contribution in [0.4, 0.5) is 10.7 Å². The molecule has 2 N–H and O–H groups in total. The number of carbonyl (C=O) groups excluding carboxylic acids is 2. The summed E-state index contributed by atoms with van der Waals surface area (Å²) in [4.78, 5) is 26.9. The first-order valence-electron chi connectivity index (χ1n) is 11.1. The standard InChI is InChI=1S/C25H26N2O5S2/c1-3-32-25(29)22-20-9-4-5-10-21(20)33-24(22)26-23(28)17-7-6-8-18(15-17)27-34(30,31)19-13-11-16(2)12-14-19/h6-8,11-15,27H,3-5,9-10H2,1-2H3,(H,26,28). The van der Waals surface area contributed by atoms with Gasteiger partial charge in [-0.2, -0.15) is 0 Å². The molecule has 1 amide bonds. The van der Waals surface area contributed by atoms with Gasteiger partial charge in [-0.3, -0.25) is 9.52 Å². The van der Waals surface area contributed by atoms with Gasteiger partial charge in [0.1, 0.15) is 5.00 Å². The van der Waals surface area contributed by atoms with Gasteiger partial charge in [-0.15, -0.1) is 11.3 Å². The number of ether oxygens (including phenoxy) is 1. The number of anilines is 2. The van der Waals surface area contributed by atoms with Crippen molar-refractivity contribution in [1.29, 1.82) is 0 Å². The molecule has 1 heterocycles. The van der Waals surface area contributed by atoms with Crippen LogP contribution in [0.5, 0.6) is 0 Å². The van der Waals surface area contributed by atoms with Crippen molar-refractivity contribution in [2.24, 2.45) is 0 Å². The monoisotopic (exact) mass is 498 g/mol. The maximum absolute atomic E-state index is 13.1. The van der Waals surface area contributed by atoms with Crippen molar-refractivity contribution in [2.45, 2.75) is 44.4 Å². The van der Waals surface area contributed by atoms with Crippen LogP contribution in [0, 0.1) is 6.92 Å². The normalized spacial score (nSPS) is 13.1. The Morgan fingerprint density at radius 2 is 1.79 bits per heavy atom. The third-order valence-electron chi connectivity index (χ3n) is 5.59. The highest BCUT2D eigenvalue weighted by Gasteiger charge is 2.27. The van der Waals surface area contributed by atoms with E-state index in [1.165, 1.54) is 29.5 Å². The molecule has 0 atom stereocenters. The highest BCUT2D eigenvalue weighted by molar-refractivity contribution is 7.92. The number of nitrogens with one attached hydrogen (secondary N) is 2. The predicted molar refractivity (Wildman–Crippen MR) is 133 cm³/mol. The molecule has 2 aromatic carbocycles. The van der Waals surface area contributed by atoms with Crippen molar-refractivity contribution in [3.05, 3.63) is 75.7 Å². The van der Waals surface area contributed by atoms with Gasteiger partial charge in [-0.25, -0.2) is 13.2 Å². The summed E-state index contributed by atoms with van der Waals surface area (Å²) in [5, 5.41) is 3.33. The van der Waals surface area contributed by atoms with Crippen LogP contribution in [0.25, 0.3) is 0 Å². The Labute approximate surface area is 203 Å². The second kappa shape index (κ2) is 9.99. The summed E-state index contributed by atoms with van der Waals surface area (Å²) in [6.45, 7) is 3.88. The third-order valence-corrected chi connectivity index (χ3v) is 8.19. The smallest absolute Gasteiger partial charge is 0.341 e. The van der Waals surface area contributed by atoms with E-state index in [0.29, 0.717) is 10.6 Å². The average molecular weight is 499 g/mol. The first kappa shape index (κ1) is 24.0. The summed E-state index contributed by atoms with van der Waals surface area (Å²) in [6, 6.07) is 12.8. The van der Waals surface area contributed by atoms with E-state index in [1.807, 2.05) is 6.92 Å². The number of benzene rings is 2. The van der Waals surface area contributed by atoms with Crippen LogP contribution in [0.15, 0.2) is 53.4 Å². The van der Waals surface area contributed by atoms with Crippen LogP contribution in [0.3, 0.4) is 0 Å². The lowest BCUT2D eigenvalue weighted by molar-refractivity contribution is 0.0526. The molecule has 9 heteroatoms. The van der Waals surface area contributed by atoms with E-state index in [-0.39, 0.29) is 22.8 Å². The minimum Gasteiger partial charge on any atom is -0.462 e. The fourth-order valence-electron chi connectivity index (χ4n) is 3.90. The summed E-state index contributed by atoms with van der Waals surface area (Å²) in [6.07, 6.45) is 3.70. The van der Waals surface area contributed by atoms with E-state index in [9.17, 15) is 18.0 Å². The van der Waals surface area contributed by atoms with E-state index in [2.05, 4.69) is 10.0 Å². The van der Waals surface area contributed by atoms with E-state index < -0.39 is 21.9 Å².